The van der Waals surface area contributed by atoms with Gasteiger partial charge in [-0.3, -0.25) is 9.59 Å². The number of ether oxygens (including phenoxy) is 1. The maximum atomic E-state index is 11.9. The highest BCUT2D eigenvalue weighted by molar-refractivity contribution is 5.85. The fraction of sp³-hybridized carbons (Fsp3) is 0.722. The predicted molar refractivity (Wildman–Crippen MR) is 170 cm³/mol. The van der Waals surface area contributed by atoms with E-state index in [0.29, 0.717) is 12.8 Å². The molecule has 3 nitrogen and oxygen atoms in total. The van der Waals surface area contributed by atoms with Crippen LogP contribution in [0, 0.1) is 0 Å². The normalized spacial score (nSPS) is 12.1. The number of esters is 2. The summed E-state index contributed by atoms with van der Waals surface area (Å²) in [5.41, 5.74) is 0. The average Bonchev–Trinajstić information content (AvgIpc) is 2.93. The SMILES string of the molecule is CCCCC/C=C\C/C=C/CCCCCCCC(=O)OC(=O)CCCCCCC/C=C/C/C=C/CCCCC. The highest BCUT2D eigenvalue weighted by Crippen LogP contribution is 2.11. The zero-order valence-electron chi connectivity index (χ0n) is 25.8. The third-order valence-electron chi connectivity index (χ3n) is 6.89. The van der Waals surface area contributed by atoms with Crippen molar-refractivity contribution in [1.29, 1.82) is 0 Å². The first kappa shape index (κ1) is 37.1. The average molecular weight is 543 g/mol. The number of hydrogen-bond acceptors (Lipinski definition) is 3. The summed E-state index contributed by atoms with van der Waals surface area (Å²) in [6.07, 6.45) is 44.3. The molecule has 0 aliphatic heterocycles. The van der Waals surface area contributed by atoms with Crippen LogP contribution >= 0.6 is 0 Å². The summed E-state index contributed by atoms with van der Waals surface area (Å²) in [7, 11) is 0. The Hall–Kier alpha value is -1.90. The molecule has 0 atom stereocenters. The van der Waals surface area contributed by atoms with E-state index in [4.69, 9.17) is 4.74 Å². The van der Waals surface area contributed by atoms with Crippen LogP contribution in [0.5, 0.6) is 0 Å². The minimum atomic E-state index is -0.353. The second-order valence-electron chi connectivity index (χ2n) is 10.8. The van der Waals surface area contributed by atoms with Gasteiger partial charge in [0.1, 0.15) is 0 Å². The molecule has 0 rings (SSSR count). The zero-order chi connectivity index (χ0) is 28.5. The van der Waals surface area contributed by atoms with E-state index in [1.54, 1.807) is 0 Å². The van der Waals surface area contributed by atoms with E-state index in [1.165, 1.54) is 77.0 Å². The number of unbranched alkanes of at least 4 members (excludes halogenated alkanes) is 16. The second kappa shape index (κ2) is 32.3. The van der Waals surface area contributed by atoms with Crippen LogP contribution < -0.4 is 0 Å². The Bertz CT molecular complexity index is 600. The monoisotopic (exact) mass is 542 g/mol. The van der Waals surface area contributed by atoms with Crippen LogP contribution in [0.4, 0.5) is 0 Å². The summed E-state index contributed by atoms with van der Waals surface area (Å²) in [4.78, 5) is 23.8. The third kappa shape index (κ3) is 32.2. The minimum absolute atomic E-state index is 0.353. The Morgan fingerprint density at radius 3 is 1.08 bits per heavy atom. The Labute approximate surface area is 242 Å². The highest BCUT2D eigenvalue weighted by Gasteiger charge is 2.09. The summed E-state index contributed by atoms with van der Waals surface area (Å²) in [5, 5.41) is 0. The van der Waals surface area contributed by atoms with Crippen LogP contribution in [-0.4, -0.2) is 11.9 Å². The van der Waals surface area contributed by atoms with Crippen LogP contribution in [0.25, 0.3) is 0 Å². The Kier molecular flexibility index (Phi) is 30.7. The number of carbonyl (C=O) groups excluding carboxylic acids is 2. The van der Waals surface area contributed by atoms with Crippen molar-refractivity contribution in [3.63, 3.8) is 0 Å². The van der Waals surface area contributed by atoms with Gasteiger partial charge in [-0.15, -0.1) is 0 Å². The van der Waals surface area contributed by atoms with Gasteiger partial charge in [-0.25, -0.2) is 0 Å². The topological polar surface area (TPSA) is 43.4 Å². The molecule has 0 saturated heterocycles. The summed E-state index contributed by atoms with van der Waals surface area (Å²) in [6.45, 7) is 4.48. The smallest absolute Gasteiger partial charge is 0.313 e. The summed E-state index contributed by atoms with van der Waals surface area (Å²) in [5.74, 6) is -0.707. The molecule has 0 unspecified atom stereocenters. The molecule has 0 N–H and O–H groups in total. The lowest BCUT2D eigenvalue weighted by Gasteiger charge is -2.04. The summed E-state index contributed by atoms with van der Waals surface area (Å²) < 4.78 is 4.98. The standard InChI is InChI=1S/C36H62O3/c1-3-5-7-9-11-13-15-17-19-21-23-25-27-29-31-33-35(37)39-36(38)34-32-30-28-26-24-22-20-18-16-14-12-10-8-6-4-2/h11-14,17-20H,3-10,15-16,21-34H2,1-2H3/b13-11-,14-12+,19-17+,20-18+. The molecule has 0 heterocycles. The molecule has 0 aromatic carbocycles. The van der Waals surface area contributed by atoms with Gasteiger partial charge in [-0.1, -0.05) is 127 Å². The van der Waals surface area contributed by atoms with Crippen molar-refractivity contribution in [3.05, 3.63) is 48.6 Å². The van der Waals surface area contributed by atoms with Crippen molar-refractivity contribution in [1.82, 2.24) is 0 Å². The first-order valence-corrected chi connectivity index (χ1v) is 16.5. The second-order valence-corrected chi connectivity index (χ2v) is 10.8. The van der Waals surface area contributed by atoms with Crippen LogP contribution in [0.1, 0.15) is 168 Å². The van der Waals surface area contributed by atoms with Crippen molar-refractivity contribution in [2.24, 2.45) is 0 Å². The van der Waals surface area contributed by atoms with Gasteiger partial charge in [0, 0.05) is 12.8 Å². The van der Waals surface area contributed by atoms with Crippen molar-refractivity contribution >= 4 is 11.9 Å². The van der Waals surface area contributed by atoms with Crippen molar-refractivity contribution < 1.29 is 14.3 Å². The molecule has 0 spiro atoms. The fourth-order valence-electron chi connectivity index (χ4n) is 4.39. The molecule has 0 aliphatic carbocycles. The molecule has 0 aliphatic rings. The lowest BCUT2D eigenvalue weighted by molar-refractivity contribution is -0.159. The molecule has 0 fully saturated rings. The molecule has 0 bridgehead atoms. The van der Waals surface area contributed by atoms with Gasteiger partial charge < -0.3 is 4.74 Å². The first-order valence-electron chi connectivity index (χ1n) is 16.5. The van der Waals surface area contributed by atoms with E-state index in [1.807, 2.05) is 0 Å². The van der Waals surface area contributed by atoms with E-state index >= 15 is 0 Å². The van der Waals surface area contributed by atoms with E-state index in [2.05, 4.69) is 62.5 Å². The Morgan fingerprint density at radius 1 is 0.410 bits per heavy atom. The van der Waals surface area contributed by atoms with E-state index < -0.39 is 0 Å². The number of rotatable bonds is 28. The maximum absolute atomic E-state index is 11.9. The van der Waals surface area contributed by atoms with Crippen LogP contribution in [0.15, 0.2) is 48.6 Å². The van der Waals surface area contributed by atoms with Gasteiger partial charge in [0.25, 0.3) is 0 Å². The van der Waals surface area contributed by atoms with E-state index in [-0.39, 0.29) is 11.9 Å². The molecule has 0 aromatic rings. The molecular weight excluding hydrogens is 480 g/mol. The summed E-state index contributed by atoms with van der Waals surface area (Å²) in [6, 6.07) is 0. The maximum Gasteiger partial charge on any atom is 0.313 e. The fourth-order valence-corrected chi connectivity index (χ4v) is 4.39. The quantitative estimate of drug-likeness (QED) is 0.0427. The predicted octanol–water partition coefficient (Wildman–Crippen LogP) is 11.7. The number of allylic oxidation sites excluding steroid dienone is 8. The van der Waals surface area contributed by atoms with Gasteiger partial charge in [-0.2, -0.15) is 0 Å². The lowest BCUT2D eigenvalue weighted by atomic mass is 10.1. The zero-order valence-corrected chi connectivity index (χ0v) is 25.8. The molecule has 0 aromatic heterocycles. The van der Waals surface area contributed by atoms with Crippen LogP contribution in [-0.2, 0) is 14.3 Å². The Balaban J connectivity index is 3.44. The molecule has 39 heavy (non-hydrogen) atoms. The third-order valence-corrected chi connectivity index (χ3v) is 6.89. The Morgan fingerprint density at radius 2 is 0.718 bits per heavy atom. The van der Waals surface area contributed by atoms with E-state index in [0.717, 1.165) is 64.2 Å². The van der Waals surface area contributed by atoms with Gasteiger partial charge in [0.15, 0.2) is 0 Å². The van der Waals surface area contributed by atoms with Crippen LogP contribution in [0.3, 0.4) is 0 Å². The van der Waals surface area contributed by atoms with Gasteiger partial charge >= 0.3 is 11.9 Å². The van der Waals surface area contributed by atoms with Crippen LogP contribution in [0.2, 0.25) is 0 Å². The van der Waals surface area contributed by atoms with Crippen molar-refractivity contribution in [2.45, 2.75) is 168 Å². The first-order chi connectivity index (χ1) is 19.2. The molecule has 0 amide bonds. The molecule has 0 saturated carbocycles. The highest BCUT2D eigenvalue weighted by atomic mass is 16.6. The van der Waals surface area contributed by atoms with Crippen molar-refractivity contribution in [3.8, 4) is 0 Å². The van der Waals surface area contributed by atoms with E-state index in [9.17, 15) is 9.59 Å². The molecule has 3 heteroatoms. The van der Waals surface area contributed by atoms with Gasteiger partial charge in [-0.05, 0) is 77.0 Å². The van der Waals surface area contributed by atoms with Gasteiger partial charge in [0.05, 0.1) is 0 Å². The number of hydrogen-bond donors (Lipinski definition) is 0. The van der Waals surface area contributed by atoms with Crippen molar-refractivity contribution in [2.75, 3.05) is 0 Å². The summed E-state index contributed by atoms with van der Waals surface area (Å²) >= 11 is 0. The molecule has 224 valence electrons. The lowest BCUT2D eigenvalue weighted by Crippen LogP contribution is -2.11. The van der Waals surface area contributed by atoms with Gasteiger partial charge in [0.2, 0.25) is 0 Å². The largest absolute Gasteiger partial charge is 0.393 e. The number of carbonyl (C=O) groups is 2. The molecule has 0 radical (unpaired) electrons. The minimum Gasteiger partial charge on any atom is -0.393 e. The molecular formula is C36H62O3.